The van der Waals surface area contributed by atoms with Gasteiger partial charge in [-0.25, -0.2) is 8.42 Å². The molecule has 0 aliphatic rings. The summed E-state index contributed by atoms with van der Waals surface area (Å²) in [7, 11) is -3.75. The van der Waals surface area contributed by atoms with Crippen molar-refractivity contribution in [2.75, 3.05) is 0 Å². The number of rotatable bonds is 3. The van der Waals surface area contributed by atoms with Crippen LogP contribution in [0.2, 0.25) is 5.02 Å². The first-order chi connectivity index (χ1) is 9.94. The topological polar surface area (TPSA) is 61.1 Å². The number of benzene rings is 2. The number of thiazole rings is 1. The van der Waals surface area contributed by atoms with Crippen molar-refractivity contribution in [1.29, 1.82) is 0 Å². The van der Waals surface area contributed by atoms with Gasteiger partial charge >= 0.3 is 0 Å². The van der Waals surface area contributed by atoms with E-state index in [2.05, 4.69) is 9.71 Å². The fraction of sp³-hybridized carbons (Fsp3) is 0.0714. The minimum atomic E-state index is -3.75. The van der Waals surface area contributed by atoms with Crippen molar-refractivity contribution in [3.05, 3.63) is 57.8 Å². The zero-order chi connectivity index (χ0) is 15.0. The third kappa shape index (κ3) is 3.02. The van der Waals surface area contributed by atoms with Crippen LogP contribution >= 0.6 is 22.9 Å². The molecule has 0 saturated heterocycles. The van der Waals surface area contributed by atoms with Crippen LogP contribution in [0, 0.1) is 6.92 Å². The summed E-state index contributed by atoms with van der Waals surface area (Å²) in [5.74, 6) is 0. The van der Waals surface area contributed by atoms with E-state index < -0.39 is 10.0 Å². The zero-order valence-corrected chi connectivity index (χ0v) is 13.3. The smallest absolute Gasteiger partial charge is 0.202 e. The molecule has 0 radical (unpaired) electrons. The Morgan fingerprint density at radius 3 is 2.57 bits per heavy atom. The Morgan fingerprint density at radius 1 is 1.14 bits per heavy atom. The summed E-state index contributed by atoms with van der Waals surface area (Å²) in [4.78, 5) is 4.35. The fourth-order valence-electron chi connectivity index (χ4n) is 1.79. The molecule has 0 fully saturated rings. The highest BCUT2D eigenvalue weighted by atomic mass is 35.5. The van der Waals surface area contributed by atoms with Crippen molar-refractivity contribution in [1.82, 2.24) is 4.98 Å². The molecule has 1 heterocycles. The van der Waals surface area contributed by atoms with Gasteiger partial charge in [-0.3, -0.25) is 0 Å². The molecule has 0 saturated carbocycles. The molecule has 0 amide bonds. The minimum Gasteiger partial charge on any atom is -0.426 e. The summed E-state index contributed by atoms with van der Waals surface area (Å²) in [6.07, 6.45) is 0. The van der Waals surface area contributed by atoms with Gasteiger partial charge in [-0.15, -0.1) is 11.3 Å². The summed E-state index contributed by atoms with van der Waals surface area (Å²) >= 11 is 7.10. The lowest BCUT2D eigenvalue weighted by Gasteiger charge is -2.11. The zero-order valence-electron chi connectivity index (χ0n) is 10.9. The van der Waals surface area contributed by atoms with Crippen LogP contribution in [0.4, 0.5) is 5.13 Å². The summed E-state index contributed by atoms with van der Waals surface area (Å²) < 4.78 is 29.1. The van der Waals surface area contributed by atoms with Gasteiger partial charge in [-0.05, 0) is 36.7 Å². The van der Waals surface area contributed by atoms with E-state index in [-0.39, 0.29) is 10.0 Å². The monoisotopic (exact) mass is 337 g/mol. The number of halogens is 1. The number of nitrogens with zero attached hydrogens (tertiary/aromatic N) is 2. The van der Waals surface area contributed by atoms with Gasteiger partial charge in [0.05, 0.1) is 4.90 Å². The lowest BCUT2D eigenvalue weighted by atomic mass is 10.2. The SMILES string of the molecule is Cc1ccc(S(=O)(=O)[N-]c2nc3ccc(Cl)cc3s2)cc1. The molecule has 0 N–H and O–H groups in total. The van der Waals surface area contributed by atoms with E-state index in [9.17, 15) is 8.42 Å². The van der Waals surface area contributed by atoms with Crippen molar-refractivity contribution < 1.29 is 8.42 Å². The lowest BCUT2D eigenvalue weighted by Crippen LogP contribution is -1.97. The normalized spacial score (nSPS) is 11.7. The molecule has 0 unspecified atom stereocenters. The average Bonchev–Trinajstić information content (AvgIpc) is 2.79. The number of aryl methyl sites for hydroxylation is 1. The quantitative estimate of drug-likeness (QED) is 0.698. The molecule has 3 aromatic rings. The van der Waals surface area contributed by atoms with Crippen molar-refractivity contribution in [3.8, 4) is 0 Å². The molecule has 4 nitrogen and oxygen atoms in total. The van der Waals surface area contributed by atoms with E-state index >= 15 is 0 Å². The first-order valence-corrected chi connectivity index (χ1v) is 8.68. The van der Waals surface area contributed by atoms with Crippen molar-refractivity contribution >= 4 is 48.3 Å². The molecule has 3 rings (SSSR count). The number of fused-ring (bicyclic) bond motifs is 1. The molecule has 1 aromatic heterocycles. The van der Waals surface area contributed by atoms with Gasteiger partial charge in [0.15, 0.2) is 0 Å². The lowest BCUT2D eigenvalue weighted by molar-refractivity contribution is 0.603. The van der Waals surface area contributed by atoms with Crippen LogP contribution in [0.5, 0.6) is 0 Å². The first-order valence-electron chi connectivity index (χ1n) is 6.05. The summed E-state index contributed by atoms with van der Waals surface area (Å²) in [6, 6.07) is 11.7. The van der Waals surface area contributed by atoms with E-state index in [1.807, 2.05) is 6.92 Å². The van der Waals surface area contributed by atoms with Crippen LogP contribution in [0.1, 0.15) is 5.56 Å². The number of sulfonamides is 1. The highest BCUT2D eigenvalue weighted by Crippen LogP contribution is 2.36. The van der Waals surface area contributed by atoms with E-state index in [1.165, 1.54) is 11.3 Å². The van der Waals surface area contributed by atoms with E-state index in [0.717, 1.165) is 10.3 Å². The molecule has 2 aromatic carbocycles. The third-order valence-corrected chi connectivity index (χ3v) is 5.40. The van der Waals surface area contributed by atoms with E-state index in [1.54, 1.807) is 42.5 Å². The standard InChI is InChI=1S/C14H10ClN2O2S2/c1-9-2-5-11(6-3-9)21(18,19)17-14-16-12-7-4-10(15)8-13(12)20-14/h2-8H,1H3/q-1. The highest BCUT2D eigenvalue weighted by molar-refractivity contribution is 7.94. The molecule has 21 heavy (non-hydrogen) atoms. The maximum atomic E-state index is 12.2. The van der Waals surface area contributed by atoms with Crippen LogP contribution in [0.15, 0.2) is 47.4 Å². The largest absolute Gasteiger partial charge is 0.426 e. The number of aromatic nitrogens is 1. The molecule has 0 bridgehead atoms. The van der Waals surface area contributed by atoms with Crippen LogP contribution in [-0.2, 0) is 10.0 Å². The Bertz CT molecular complexity index is 902. The second kappa shape index (κ2) is 5.29. The molecule has 108 valence electrons. The Hall–Kier alpha value is -1.63. The Labute approximate surface area is 131 Å². The van der Waals surface area contributed by atoms with Gasteiger partial charge < -0.3 is 9.71 Å². The molecule has 0 spiro atoms. The summed E-state index contributed by atoms with van der Waals surface area (Å²) in [6.45, 7) is 1.89. The van der Waals surface area contributed by atoms with Crippen LogP contribution in [0.25, 0.3) is 14.9 Å². The second-order valence-electron chi connectivity index (χ2n) is 4.49. The average molecular weight is 338 g/mol. The fourth-order valence-corrected chi connectivity index (χ4v) is 4.05. The van der Waals surface area contributed by atoms with E-state index in [4.69, 9.17) is 11.6 Å². The first kappa shape index (κ1) is 14.3. The Morgan fingerprint density at radius 2 is 1.86 bits per heavy atom. The van der Waals surface area contributed by atoms with Gasteiger partial charge in [0.1, 0.15) is 0 Å². The van der Waals surface area contributed by atoms with Gasteiger partial charge in [-0.1, -0.05) is 35.4 Å². The van der Waals surface area contributed by atoms with Gasteiger partial charge in [0, 0.05) is 14.9 Å². The molecule has 0 aliphatic carbocycles. The summed E-state index contributed by atoms with van der Waals surface area (Å²) in [5.41, 5.74) is 1.67. The molecular formula is C14H10ClN2O2S2-. The predicted molar refractivity (Wildman–Crippen MR) is 86.0 cm³/mol. The number of hydrogen-bond acceptors (Lipinski definition) is 4. The van der Waals surface area contributed by atoms with Gasteiger partial charge in [0.2, 0.25) is 10.0 Å². The second-order valence-corrected chi connectivity index (χ2v) is 7.54. The van der Waals surface area contributed by atoms with Crippen LogP contribution in [-0.4, -0.2) is 13.4 Å². The highest BCUT2D eigenvalue weighted by Gasteiger charge is 2.10. The van der Waals surface area contributed by atoms with Gasteiger partial charge in [-0.2, -0.15) is 0 Å². The van der Waals surface area contributed by atoms with E-state index in [0.29, 0.717) is 10.5 Å². The van der Waals surface area contributed by atoms with Gasteiger partial charge in [0.25, 0.3) is 0 Å². The van der Waals surface area contributed by atoms with Crippen molar-refractivity contribution in [3.63, 3.8) is 0 Å². The maximum absolute atomic E-state index is 12.2. The predicted octanol–water partition coefficient (Wildman–Crippen LogP) is 4.65. The molecule has 0 atom stereocenters. The van der Waals surface area contributed by atoms with Crippen molar-refractivity contribution in [2.45, 2.75) is 11.8 Å². The Balaban J connectivity index is 1.95. The number of hydrogen-bond donors (Lipinski definition) is 0. The minimum absolute atomic E-state index is 0.158. The van der Waals surface area contributed by atoms with Crippen LogP contribution < -0.4 is 0 Å². The molecule has 0 aliphatic heterocycles. The molecular weight excluding hydrogens is 328 g/mol. The maximum Gasteiger partial charge on any atom is 0.202 e. The summed E-state index contributed by atoms with van der Waals surface area (Å²) in [5, 5.41) is 0.784. The Kier molecular flexibility index (Phi) is 3.61. The van der Waals surface area contributed by atoms with Crippen molar-refractivity contribution in [2.24, 2.45) is 0 Å². The molecule has 7 heteroatoms. The van der Waals surface area contributed by atoms with Crippen LogP contribution in [0.3, 0.4) is 0 Å². The third-order valence-electron chi connectivity index (χ3n) is 2.86.